The molecule has 0 radical (unpaired) electrons. The molecule has 0 aliphatic carbocycles. The first-order chi connectivity index (χ1) is 7.36. The lowest BCUT2D eigenvalue weighted by molar-refractivity contribution is 0.329. The van der Waals surface area contributed by atoms with E-state index < -0.39 is 0 Å². The highest BCUT2D eigenvalue weighted by molar-refractivity contribution is 7.99. The third-order valence-electron chi connectivity index (χ3n) is 2.27. The standard InChI is InChI=1S/C12H15NOS/c1-10(12-13-7-8-14-12)9-15-11-5-3-2-4-6-11/h2-6,10H,7-9H2,1H3. The molecule has 1 aliphatic heterocycles. The van der Waals surface area contributed by atoms with Crippen LogP contribution in [0.1, 0.15) is 6.92 Å². The maximum absolute atomic E-state index is 5.44. The number of benzene rings is 1. The van der Waals surface area contributed by atoms with Gasteiger partial charge in [-0.3, -0.25) is 4.99 Å². The highest BCUT2D eigenvalue weighted by Gasteiger charge is 2.15. The van der Waals surface area contributed by atoms with E-state index >= 15 is 0 Å². The van der Waals surface area contributed by atoms with Crippen LogP contribution in [0.25, 0.3) is 0 Å². The van der Waals surface area contributed by atoms with Crippen LogP contribution in [0.5, 0.6) is 0 Å². The topological polar surface area (TPSA) is 21.6 Å². The molecule has 1 atom stereocenters. The number of aliphatic imine (C=N–C) groups is 1. The molecule has 1 aromatic rings. The number of rotatable bonds is 4. The molecule has 0 saturated carbocycles. The van der Waals surface area contributed by atoms with E-state index in [1.54, 1.807) is 0 Å². The van der Waals surface area contributed by atoms with Gasteiger partial charge >= 0.3 is 0 Å². The maximum Gasteiger partial charge on any atom is 0.187 e. The summed E-state index contributed by atoms with van der Waals surface area (Å²) in [6, 6.07) is 10.4. The summed E-state index contributed by atoms with van der Waals surface area (Å²) < 4.78 is 5.44. The molecular weight excluding hydrogens is 206 g/mol. The lowest BCUT2D eigenvalue weighted by Gasteiger charge is -2.10. The minimum absolute atomic E-state index is 0.415. The molecule has 0 fully saturated rings. The summed E-state index contributed by atoms with van der Waals surface area (Å²) in [5.74, 6) is 2.37. The zero-order chi connectivity index (χ0) is 10.5. The fraction of sp³-hybridized carbons (Fsp3) is 0.417. The van der Waals surface area contributed by atoms with Crippen LogP contribution in [-0.4, -0.2) is 24.8 Å². The summed E-state index contributed by atoms with van der Waals surface area (Å²) in [6.07, 6.45) is 0. The minimum Gasteiger partial charge on any atom is -0.479 e. The van der Waals surface area contributed by atoms with Crippen LogP contribution in [0, 0.1) is 5.92 Å². The second-order valence-electron chi connectivity index (χ2n) is 3.59. The average Bonchev–Trinajstić information content (AvgIpc) is 2.81. The molecule has 15 heavy (non-hydrogen) atoms. The van der Waals surface area contributed by atoms with E-state index in [9.17, 15) is 0 Å². The maximum atomic E-state index is 5.44. The monoisotopic (exact) mass is 221 g/mol. The first-order valence-electron chi connectivity index (χ1n) is 5.21. The molecule has 3 heteroatoms. The van der Waals surface area contributed by atoms with Crippen molar-refractivity contribution in [2.24, 2.45) is 10.9 Å². The Morgan fingerprint density at radius 2 is 2.20 bits per heavy atom. The number of thioether (sulfide) groups is 1. The van der Waals surface area contributed by atoms with Crippen molar-refractivity contribution in [1.82, 2.24) is 0 Å². The molecule has 1 aromatic carbocycles. The van der Waals surface area contributed by atoms with Crippen molar-refractivity contribution in [2.75, 3.05) is 18.9 Å². The number of hydrogen-bond acceptors (Lipinski definition) is 3. The molecule has 0 saturated heterocycles. The SMILES string of the molecule is CC(CSc1ccccc1)C1=NCCO1. The van der Waals surface area contributed by atoms with Gasteiger partial charge in [-0.15, -0.1) is 11.8 Å². The summed E-state index contributed by atoms with van der Waals surface area (Å²) in [6.45, 7) is 3.76. The van der Waals surface area contributed by atoms with Crippen LogP contribution in [0.2, 0.25) is 0 Å². The van der Waals surface area contributed by atoms with Gasteiger partial charge in [0.2, 0.25) is 0 Å². The van der Waals surface area contributed by atoms with Gasteiger partial charge in [0, 0.05) is 16.6 Å². The van der Waals surface area contributed by atoms with Crippen LogP contribution in [0.3, 0.4) is 0 Å². The summed E-state index contributed by atoms with van der Waals surface area (Å²) in [4.78, 5) is 5.64. The largest absolute Gasteiger partial charge is 0.479 e. The fourth-order valence-electron chi connectivity index (χ4n) is 1.46. The van der Waals surface area contributed by atoms with E-state index in [0.29, 0.717) is 5.92 Å². The van der Waals surface area contributed by atoms with Crippen LogP contribution in [0.4, 0.5) is 0 Å². The molecule has 80 valence electrons. The van der Waals surface area contributed by atoms with Gasteiger partial charge in [-0.2, -0.15) is 0 Å². The second-order valence-corrected chi connectivity index (χ2v) is 4.69. The van der Waals surface area contributed by atoms with Crippen LogP contribution in [-0.2, 0) is 4.74 Å². The first kappa shape index (κ1) is 10.6. The Labute approximate surface area is 94.7 Å². The molecule has 2 rings (SSSR count). The van der Waals surface area contributed by atoms with Crippen LogP contribution >= 0.6 is 11.8 Å². The normalized spacial score (nSPS) is 17.0. The third kappa shape index (κ3) is 2.99. The molecule has 0 amide bonds. The van der Waals surface area contributed by atoms with Gasteiger partial charge in [-0.1, -0.05) is 25.1 Å². The Morgan fingerprint density at radius 1 is 1.40 bits per heavy atom. The predicted molar refractivity (Wildman–Crippen MR) is 64.6 cm³/mol. The van der Waals surface area contributed by atoms with Crippen LogP contribution in [0.15, 0.2) is 40.2 Å². The van der Waals surface area contributed by atoms with Crippen molar-refractivity contribution in [3.63, 3.8) is 0 Å². The van der Waals surface area contributed by atoms with E-state index in [1.165, 1.54) is 4.90 Å². The molecule has 0 N–H and O–H groups in total. The Kier molecular flexibility index (Phi) is 3.67. The van der Waals surface area contributed by atoms with E-state index in [0.717, 1.165) is 24.8 Å². The van der Waals surface area contributed by atoms with Crippen molar-refractivity contribution < 1.29 is 4.74 Å². The van der Waals surface area contributed by atoms with Crippen molar-refractivity contribution in [3.8, 4) is 0 Å². The Hall–Kier alpha value is -0.960. The lowest BCUT2D eigenvalue weighted by Crippen LogP contribution is -2.13. The smallest absolute Gasteiger partial charge is 0.187 e. The summed E-state index contributed by atoms with van der Waals surface area (Å²) >= 11 is 1.85. The fourth-order valence-corrected chi connectivity index (χ4v) is 2.39. The van der Waals surface area contributed by atoms with Crippen molar-refractivity contribution in [2.45, 2.75) is 11.8 Å². The van der Waals surface area contributed by atoms with Gasteiger partial charge in [0.1, 0.15) is 6.61 Å². The van der Waals surface area contributed by atoms with Gasteiger partial charge < -0.3 is 4.74 Å². The van der Waals surface area contributed by atoms with E-state index in [2.05, 4.69) is 36.2 Å². The van der Waals surface area contributed by atoms with Crippen molar-refractivity contribution >= 4 is 17.7 Å². The Morgan fingerprint density at radius 3 is 2.87 bits per heavy atom. The highest BCUT2D eigenvalue weighted by Crippen LogP contribution is 2.21. The molecule has 0 aromatic heterocycles. The molecule has 1 aliphatic rings. The van der Waals surface area contributed by atoms with Crippen molar-refractivity contribution in [3.05, 3.63) is 30.3 Å². The average molecular weight is 221 g/mol. The third-order valence-corrected chi connectivity index (χ3v) is 3.55. The minimum atomic E-state index is 0.415. The molecule has 0 bridgehead atoms. The molecule has 1 heterocycles. The van der Waals surface area contributed by atoms with E-state index in [-0.39, 0.29) is 0 Å². The quantitative estimate of drug-likeness (QED) is 0.729. The zero-order valence-corrected chi connectivity index (χ0v) is 9.67. The van der Waals surface area contributed by atoms with Gasteiger partial charge in [-0.05, 0) is 12.1 Å². The number of nitrogens with zero attached hydrogens (tertiary/aromatic N) is 1. The highest BCUT2D eigenvalue weighted by atomic mass is 32.2. The molecule has 0 spiro atoms. The molecule has 1 unspecified atom stereocenters. The van der Waals surface area contributed by atoms with Gasteiger partial charge in [0.15, 0.2) is 5.90 Å². The lowest BCUT2D eigenvalue weighted by atomic mass is 10.2. The summed E-state index contributed by atoms with van der Waals surface area (Å²) in [5.41, 5.74) is 0. The number of ether oxygens (including phenoxy) is 1. The zero-order valence-electron chi connectivity index (χ0n) is 8.85. The van der Waals surface area contributed by atoms with Gasteiger partial charge in [-0.25, -0.2) is 0 Å². The van der Waals surface area contributed by atoms with E-state index in [4.69, 9.17) is 4.74 Å². The second kappa shape index (κ2) is 5.21. The summed E-state index contributed by atoms with van der Waals surface area (Å²) in [5, 5.41) is 0. The molecule has 2 nitrogen and oxygen atoms in total. The van der Waals surface area contributed by atoms with Gasteiger partial charge in [0.05, 0.1) is 6.54 Å². The number of hydrogen-bond donors (Lipinski definition) is 0. The summed E-state index contributed by atoms with van der Waals surface area (Å²) in [7, 11) is 0. The van der Waals surface area contributed by atoms with Crippen LogP contribution < -0.4 is 0 Å². The Balaban J connectivity index is 1.83. The molecular formula is C12H15NOS. The van der Waals surface area contributed by atoms with Gasteiger partial charge in [0.25, 0.3) is 0 Å². The Bertz CT molecular complexity index is 337. The predicted octanol–water partition coefficient (Wildman–Crippen LogP) is 2.84. The van der Waals surface area contributed by atoms with E-state index in [1.807, 2.05) is 17.8 Å². The first-order valence-corrected chi connectivity index (χ1v) is 6.20. The van der Waals surface area contributed by atoms with Crippen molar-refractivity contribution in [1.29, 1.82) is 0 Å².